The number of hydrogen-bond acceptors (Lipinski definition) is 2. The molecule has 0 heterocycles. The van der Waals surface area contributed by atoms with E-state index < -0.39 is 18.5 Å². The van der Waals surface area contributed by atoms with Gasteiger partial charge in [0.1, 0.15) is 30.4 Å². The Morgan fingerprint density at radius 2 is 2.21 bits per heavy atom. The molecule has 0 aliphatic rings. The van der Waals surface area contributed by atoms with Gasteiger partial charge in [-0.2, -0.15) is 0 Å². The Kier molecular flexibility index (Phi) is 3.39. The zero-order valence-electron chi connectivity index (χ0n) is 7.17. The molecule has 5 heteroatoms. The van der Waals surface area contributed by atoms with Crippen molar-refractivity contribution in [2.24, 2.45) is 0 Å². The average Bonchev–Trinajstić information content (AvgIpc) is 2.14. The van der Waals surface area contributed by atoms with Crippen molar-refractivity contribution >= 4 is 5.97 Å². The van der Waals surface area contributed by atoms with Gasteiger partial charge in [-0.3, -0.25) is 0 Å². The average molecular weight is 202 g/mol. The van der Waals surface area contributed by atoms with Gasteiger partial charge in [0.2, 0.25) is 0 Å². The molecule has 0 unspecified atom stereocenters. The molecule has 0 aliphatic carbocycles. The van der Waals surface area contributed by atoms with Crippen LogP contribution in [0.4, 0.5) is 8.78 Å². The molecule has 1 aromatic carbocycles. The number of carboxylic acid groups (broad SMARTS) is 1. The van der Waals surface area contributed by atoms with Gasteiger partial charge in [0.05, 0.1) is 0 Å². The standard InChI is InChI=1S/C9H8F2O3/c10-3-4-14-8-5-6(11)1-2-7(8)9(12)13/h1-2,5H,3-4H2,(H,12,13). The fourth-order valence-corrected chi connectivity index (χ4v) is 0.941. The largest absolute Gasteiger partial charge is 0.490 e. The summed E-state index contributed by atoms with van der Waals surface area (Å²) in [5, 5.41) is 8.66. The number of benzene rings is 1. The molecule has 0 aliphatic heterocycles. The summed E-state index contributed by atoms with van der Waals surface area (Å²) >= 11 is 0. The first-order valence-corrected chi connectivity index (χ1v) is 3.86. The number of aromatic carboxylic acids is 1. The van der Waals surface area contributed by atoms with Crippen LogP contribution in [0, 0.1) is 5.82 Å². The molecule has 0 saturated heterocycles. The Hall–Kier alpha value is -1.65. The minimum absolute atomic E-state index is 0.157. The second-order valence-electron chi connectivity index (χ2n) is 2.48. The second kappa shape index (κ2) is 4.55. The predicted octanol–water partition coefficient (Wildman–Crippen LogP) is 1.87. The quantitative estimate of drug-likeness (QED) is 0.810. The zero-order chi connectivity index (χ0) is 10.6. The lowest BCUT2D eigenvalue weighted by atomic mass is 10.2. The molecule has 1 N–H and O–H groups in total. The maximum atomic E-state index is 12.7. The summed E-state index contributed by atoms with van der Waals surface area (Å²) in [5.41, 5.74) is -0.181. The van der Waals surface area contributed by atoms with E-state index >= 15 is 0 Å². The highest BCUT2D eigenvalue weighted by Crippen LogP contribution is 2.19. The number of ether oxygens (including phenoxy) is 1. The summed E-state index contributed by atoms with van der Waals surface area (Å²) in [7, 11) is 0. The summed E-state index contributed by atoms with van der Waals surface area (Å²) in [5.74, 6) is -2.02. The Bertz CT molecular complexity index is 339. The van der Waals surface area contributed by atoms with Crippen molar-refractivity contribution in [1.29, 1.82) is 0 Å². The normalized spacial score (nSPS) is 9.86. The molecule has 76 valence electrons. The molecule has 0 atom stereocenters. The highest BCUT2D eigenvalue weighted by atomic mass is 19.1. The third-order valence-electron chi connectivity index (χ3n) is 1.51. The van der Waals surface area contributed by atoms with E-state index in [4.69, 9.17) is 9.84 Å². The first kappa shape index (κ1) is 10.4. The van der Waals surface area contributed by atoms with Crippen LogP contribution in [0.1, 0.15) is 10.4 Å². The van der Waals surface area contributed by atoms with Crippen LogP contribution in [0.3, 0.4) is 0 Å². The van der Waals surface area contributed by atoms with Crippen LogP contribution in [-0.2, 0) is 0 Å². The van der Waals surface area contributed by atoms with Crippen LogP contribution in [0.15, 0.2) is 18.2 Å². The summed E-state index contributed by atoms with van der Waals surface area (Å²) in [4.78, 5) is 10.6. The molecule has 1 rings (SSSR count). The second-order valence-corrected chi connectivity index (χ2v) is 2.48. The van der Waals surface area contributed by atoms with E-state index in [0.29, 0.717) is 0 Å². The Morgan fingerprint density at radius 3 is 2.79 bits per heavy atom. The lowest BCUT2D eigenvalue weighted by Gasteiger charge is -2.06. The van der Waals surface area contributed by atoms with Crippen molar-refractivity contribution < 1.29 is 23.4 Å². The minimum atomic E-state index is -1.24. The smallest absolute Gasteiger partial charge is 0.339 e. The summed E-state index contributed by atoms with van der Waals surface area (Å²) < 4.78 is 29.1. The third-order valence-corrected chi connectivity index (χ3v) is 1.51. The van der Waals surface area contributed by atoms with Gasteiger partial charge in [-0.25, -0.2) is 13.6 Å². The molecule has 0 saturated carbocycles. The van der Waals surface area contributed by atoms with Gasteiger partial charge in [0, 0.05) is 6.07 Å². The van der Waals surface area contributed by atoms with E-state index in [1.807, 2.05) is 0 Å². The predicted molar refractivity (Wildman–Crippen MR) is 44.8 cm³/mol. The molecule has 0 amide bonds. The van der Waals surface area contributed by atoms with Crippen LogP contribution in [0.25, 0.3) is 0 Å². The van der Waals surface area contributed by atoms with Crippen molar-refractivity contribution in [3.8, 4) is 5.75 Å². The van der Waals surface area contributed by atoms with Gasteiger partial charge in [-0.15, -0.1) is 0 Å². The van der Waals surface area contributed by atoms with Gasteiger partial charge in [0.25, 0.3) is 0 Å². The maximum absolute atomic E-state index is 12.7. The topological polar surface area (TPSA) is 46.5 Å². The first-order valence-electron chi connectivity index (χ1n) is 3.86. The Morgan fingerprint density at radius 1 is 1.50 bits per heavy atom. The third kappa shape index (κ3) is 2.42. The van der Waals surface area contributed by atoms with Crippen LogP contribution in [-0.4, -0.2) is 24.4 Å². The molecule has 14 heavy (non-hydrogen) atoms. The minimum Gasteiger partial charge on any atom is -0.490 e. The maximum Gasteiger partial charge on any atom is 0.339 e. The monoisotopic (exact) mass is 202 g/mol. The molecule has 3 nitrogen and oxygen atoms in total. The highest BCUT2D eigenvalue weighted by Gasteiger charge is 2.11. The van der Waals surface area contributed by atoms with Gasteiger partial charge >= 0.3 is 5.97 Å². The summed E-state index contributed by atoms with van der Waals surface area (Å²) in [6, 6.07) is 3.00. The van der Waals surface area contributed by atoms with Crippen LogP contribution < -0.4 is 4.74 Å². The van der Waals surface area contributed by atoms with E-state index in [0.717, 1.165) is 18.2 Å². The Labute approximate surface area is 78.9 Å². The fourth-order valence-electron chi connectivity index (χ4n) is 0.941. The molecule has 0 radical (unpaired) electrons. The number of carbonyl (C=O) groups is 1. The first-order chi connectivity index (χ1) is 6.65. The van der Waals surface area contributed by atoms with E-state index in [9.17, 15) is 13.6 Å². The lowest BCUT2D eigenvalue weighted by molar-refractivity contribution is 0.0691. The molecule has 1 aromatic rings. The molecular weight excluding hydrogens is 194 g/mol. The van der Waals surface area contributed by atoms with Gasteiger partial charge in [-0.05, 0) is 12.1 Å². The van der Waals surface area contributed by atoms with Crippen LogP contribution in [0.5, 0.6) is 5.75 Å². The number of hydrogen-bond donors (Lipinski definition) is 1. The summed E-state index contributed by atoms with van der Waals surface area (Å²) in [6.45, 7) is -1.04. The van der Waals surface area contributed by atoms with Crippen molar-refractivity contribution in [2.75, 3.05) is 13.3 Å². The molecule has 0 bridgehead atoms. The Balaban J connectivity index is 2.97. The van der Waals surface area contributed by atoms with Crippen LogP contribution >= 0.6 is 0 Å². The van der Waals surface area contributed by atoms with E-state index in [2.05, 4.69) is 0 Å². The van der Waals surface area contributed by atoms with Crippen molar-refractivity contribution in [2.45, 2.75) is 0 Å². The number of rotatable bonds is 4. The molecule has 0 spiro atoms. The number of halogens is 2. The van der Waals surface area contributed by atoms with Gasteiger partial charge in [-0.1, -0.05) is 0 Å². The lowest BCUT2D eigenvalue weighted by Crippen LogP contribution is -2.05. The highest BCUT2D eigenvalue weighted by molar-refractivity contribution is 5.90. The molecule has 0 fully saturated rings. The van der Waals surface area contributed by atoms with Gasteiger partial charge in [0.15, 0.2) is 0 Å². The molecule has 0 aromatic heterocycles. The SMILES string of the molecule is O=C(O)c1ccc(F)cc1OCCF. The number of alkyl halides is 1. The van der Waals surface area contributed by atoms with Crippen molar-refractivity contribution in [3.05, 3.63) is 29.6 Å². The van der Waals surface area contributed by atoms with Crippen LogP contribution in [0.2, 0.25) is 0 Å². The zero-order valence-corrected chi connectivity index (χ0v) is 7.17. The van der Waals surface area contributed by atoms with Gasteiger partial charge < -0.3 is 9.84 Å². The fraction of sp³-hybridized carbons (Fsp3) is 0.222. The number of carboxylic acids is 1. The molecular formula is C9H8F2O3. The van der Waals surface area contributed by atoms with E-state index in [1.165, 1.54) is 0 Å². The van der Waals surface area contributed by atoms with Crippen molar-refractivity contribution in [3.63, 3.8) is 0 Å². The summed E-state index contributed by atoms with van der Waals surface area (Å²) in [6.07, 6.45) is 0. The van der Waals surface area contributed by atoms with Crippen molar-refractivity contribution in [1.82, 2.24) is 0 Å². The van der Waals surface area contributed by atoms with E-state index in [1.54, 1.807) is 0 Å². The van der Waals surface area contributed by atoms with E-state index in [-0.39, 0.29) is 17.9 Å².